The van der Waals surface area contributed by atoms with Crippen LogP contribution in [0, 0.1) is 11.7 Å². The molecule has 30 heavy (non-hydrogen) atoms. The summed E-state index contributed by atoms with van der Waals surface area (Å²) in [6.45, 7) is 5.89. The van der Waals surface area contributed by atoms with Crippen LogP contribution in [0.4, 0.5) is 4.39 Å². The van der Waals surface area contributed by atoms with E-state index in [1.807, 2.05) is 0 Å². The number of amides is 1. The first kappa shape index (κ1) is 22.4. The highest BCUT2D eigenvalue weighted by molar-refractivity contribution is 7.91. The highest BCUT2D eigenvalue weighted by Crippen LogP contribution is 2.15. The average Bonchev–Trinajstić information content (AvgIpc) is 3.19. The Bertz CT molecular complexity index is 946. The van der Waals surface area contributed by atoms with E-state index in [4.69, 9.17) is 4.52 Å². The van der Waals surface area contributed by atoms with Gasteiger partial charge in [-0.05, 0) is 62.5 Å². The molecule has 164 valence electrons. The third-order valence-electron chi connectivity index (χ3n) is 5.11. The van der Waals surface area contributed by atoms with Crippen LogP contribution in [0.5, 0.6) is 0 Å². The maximum absolute atomic E-state index is 13.0. The molecule has 0 radical (unpaired) electrons. The summed E-state index contributed by atoms with van der Waals surface area (Å²) in [5.74, 6) is -0.579. The zero-order valence-corrected chi connectivity index (χ0v) is 17.8. The van der Waals surface area contributed by atoms with Gasteiger partial charge in [0.05, 0.1) is 10.6 Å². The molecule has 2 heterocycles. The fraction of sp³-hybridized carbons (Fsp3) is 0.550. The Labute approximate surface area is 175 Å². The van der Waals surface area contributed by atoms with Crippen molar-refractivity contribution < 1.29 is 22.1 Å². The smallest absolute Gasteiger partial charge is 0.315 e. The number of carbonyl (C=O) groups excluding carboxylic acids is 1. The quantitative estimate of drug-likeness (QED) is 0.472. The Morgan fingerprint density at radius 2 is 2.10 bits per heavy atom. The van der Waals surface area contributed by atoms with Crippen LogP contribution < -0.4 is 5.32 Å². The molecule has 10 heteroatoms. The van der Waals surface area contributed by atoms with Gasteiger partial charge in [-0.2, -0.15) is 4.98 Å². The lowest BCUT2D eigenvalue weighted by Gasteiger charge is -2.30. The number of benzene rings is 1. The van der Waals surface area contributed by atoms with Crippen molar-refractivity contribution >= 4 is 15.7 Å². The number of hydrogen-bond acceptors (Lipinski definition) is 7. The van der Waals surface area contributed by atoms with Crippen molar-refractivity contribution in [3.05, 3.63) is 41.8 Å². The van der Waals surface area contributed by atoms with Crippen molar-refractivity contribution in [3.8, 4) is 0 Å². The van der Waals surface area contributed by atoms with Crippen molar-refractivity contribution in [1.29, 1.82) is 0 Å². The summed E-state index contributed by atoms with van der Waals surface area (Å²) in [6, 6.07) is 4.61. The lowest BCUT2D eigenvalue weighted by Crippen LogP contribution is -2.36. The monoisotopic (exact) mass is 438 g/mol. The molecule has 0 saturated carbocycles. The Hall–Kier alpha value is -2.33. The zero-order valence-electron chi connectivity index (χ0n) is 17.0. The molecule has 2 aromatic rings. The van der Waals surface area contributed by atoms with Crippen LogP contribution in [-0.2, 0) is 16.3 Å². The molecule has 1 aliphatic heterocycles. The number of rotatable bonds is 9. The highest BCUT2D eigenvalue weighted by Gasteiger charge is 2.19. The standard InChI is InChI=1S/C20H27FN4O4S/c1-15-4-2-11-25(14-15)12-3-10-22-19(26)20-23-18(24-29-20)9-13-30(27,28)17-7-5-16(21)6-8-17/h5-8,15H,2-4,9-14H2,1H3,(H,22,26). The number of piperidine rings is 1. The minimum absolute atomic E-state index is 0.0103. The fourth-order valence-corrected chi connectivity index (χ4v) is 4.74. The summed E-state index contributed by atoms with van der Waals surface area (Å²) in [6.07, 6.45) is 3.31. The molecule has 1 saturated heterocycles. The average molecular weight is 439 g/mol. The Morgan fingerprint density at radius 1 is 1.33 bits per heavy atom. The Balaban J connectivity index is 1.42. The number of aryl methyl sites for hydroxylation is 1. The molecule has 1 N–H and O–H groups in total. The van der Waals surface area contributed by atoms with Crippen LogP contribution in [0.15, 0.2) is 33.7 Å². The first-order chi connectivity index (χ1) is 14.3. The van der Waals surface area contributed by atoms with Gasteiger partial charge in [0, 0.05) is 19.5 Å². The van der Waals surface area contributed by atoms with Crippen LogP contribution in [0.25, 0.3) is 0 Å². The molecular formula is C20H27FN4O4S. The van der Waals surface area contributed by atoms with Gasteiger partial charge >= 0.3 is 11.8 Å². The number of halogens is 1. The molecule has 3 rings (SSSR count). The topological polar surface area (TPSA) is 105 Å². The van der Waals surface area contributed by atoms with E-state index < -0.39 is 21.6 Å². The van der Waals surface area contributed by atoms with Gasteiger partial charge in [-0.15, -0.1) is 0 Å². The van der Waals surface area contributed by atoms with E-state index in [0.29, 0.717) is 6.54 Å². The predicted octanol–water partition coefficient (Wildman–Crippen LogP) is 2.08. The van der Waals surface area contributed by atoms with Crippen molar-refractivity contribution in [1.82, 2.24) is 20.4 Å². The minimum atomic E-state index is -3.61. The van der Waals surface area contributed by atoms with Gasteiger partial charge in [0.25, 0.3) is 0 Å². The van der Waals surface area contributed by atoms with Crippen LogP contribution in [-0.4, -0.2) is 61.3 Å². The van der Waals surface area contributed by atoms with Gasteiger partial charge < -0.3 is 14.7 Å². The Morgan fingerprint density at radius 3 is 2.83 bits per heavy atom. The third-order valence-corrected chi connectivity index (χ3v) is 6.84. The first-order valence-electron chi connectivity index (χ1n) is 10.1. The molecule has 0 aliphatic carbocycles. The first-order valence-corrected chi connectivity index (χ1v) is 11.8. The molecule has 0 spiro atoms. The molecule has 1 atom stereocenters. The second-order valence-corrected chi connectivity index (χ2v) is 9.81. The summed E-state index contributed by atoms with van der Waals surface area (Å²) < 4.78 is 42.5. The van der Waals surface area contributed by atoms with Crippen LogP contribution in [0.2, 0.25) is 0 Å². The third kappa shape index (κ3) is 6.33. The second-order valence-electron chi connectivity index (χ2n) is 7.70. The molecule has 1 unspecified atom stereocenters. The van der Waals surface area contributed by atoms with E-state index >= 15 is 0 Å². The SMILES string of the molecule is CC1CCCN(CCCNC(=O)c2nc(CCS(=O)(=O)c3ccc(F)cc3)no2)C1. The molecule has 1 fully saturated rings. The predicted molar refractivity (Wildman–Crippen MR) is 108 cm³/mol. The number of nitrogens with one attached hydrogen (secondary N) is 1. The summed E-state index contributed by atoms with van der Waals surface area (Å²) >= 11 is 0. The lowest BCUT2D eigenvalue weighted by molar-refractivity contribution is 0.0906. The van der Waals surface area contributed by atoms with Crippen molar-refractivity contribution in [2.45, 2.75) is 37.5 Å². The number of aromatic nitrogens is 2. The molecule has 1 amide bonds. The second kappa shape index (κ2) is 10.1. The van der Waals surface area contributed by atoms with E-state index in [9.17, 15) is 17.6 Å². The van der Waals surface area contributed by atoms with E-state index in [-0.39, 0.29) is 28.8 Å². The van der Waals surface area contributed by atoms with Crippen LogP contribution >= 0.6 is 0 Å². The molecule has 0 bridgehead atoms. The van der Waals surface area contributed by atoms with Crippen molar-refractivity contribution in [3.63, 3.8) is 0 Å². The summed E-state index contributed by atoms with van der Waals surface area (Å²) in [5.41, 5.74) is 0. The summed E-state index contributed by atoms with van der Waals surface area (Å²) in [5, 5.41) is 6.43. The van der Waals surface area contributed by atoms with Crippen LogP contribution in [0.3, 0.4) is 0 Å². The van der Waals surface area contributed by atoms with Gasteiger partial charge in [-0.25, -0.2) is 12.8 Å². The summed E-state index contributed by atoms with van der Waals surface area (Å²) in [7, 11) is -3.61. The van der Waals surface area contributed by atoms with Gasteiger partial charge in [0.2, 0.25) is 0 Å². The molecule has 1 aromatic heterocycles. The largest absolute Gasteiger partial charge is 0.348 e. The number of sulfone groups is 1. The number of nitrogens with zero attached hydrogens (tertiary/aromatic N) is 3. The molecule has 1 aromatic carbocycles. The van der Waals surface area contributed by atoms with E-state index in [2.05, 4.69) is 27.3 Å². The number of hydrogen-bond donors (Lipinski definition) is 1. The molecule has 8 nitrogen and oxygen atoms in total. The maximum Gasteiger partial charge on any atom is 0.315 e. The molecule has 1 aliphatic rings. The van der Waals surface area contributed by atoms with E-state index in [1.165, 1.54) is 25.0 Å². The van der Waals surface area contributed by atoms with Crippen LogP contribution in [0.1, 0.15) is 42.7 Å². The van der Waals surface area contributed by atoms with Gasteiger partial charge in [-0.1, -0.05) is 12.1 Å². The summed E-state index contributed by atoms with van der Waals surface area (Å²) in [4.78, 5) is 18.5. The lowest BCUT2D eigenvalue weighted by atomic mass is 10.0. The zero-order chi connectivity index (χ0) is 21.6. The van der Waals surface area contributed by atoms with Gasteiger partial charge in [-0.3, -0.25) is 4.79 Å². The van der Waals surface area contributed by atoms with E-state index in [1.54, 1.807) is 0 Å². The van der Waals surface area contributed by atoms with Crippen molar-refractivity contribution in [2.75, 3.05) is 31.9 Å². The van der Waals surface area contributed by atoms with Gasteiger partial charge in [0.15, 0.2) is 15.7 Å². The fourth-order valence-electron chi connectivity index (χ4n) is 3.50. The van der Waals surface area contributed by atoms with Gasteiger partial charge in [0.1, 0.15) is 5.82 Å². The minimum Gasteiger partial charge on any atom is -0.348 e. The molecular weight excluding hydrogens is 411 g/mol. The van der Waals surface area contributed by atoms with Crippen molar-refractivity contribution in [2.24, 2.45) is 5.92 Å². The Kier molecular flexibility index (Phi) is 7.54. The normalized spacial score (nSPS) is 17.7. The number of carbonyl (C=O) groups is 1. The maximum atomic E-state index is 13.0. The number of likely N-dealkylation sites (tertiary alicyclic amines) is 1. The highest BCUT2D eigenvalue weighted by atomic mass is 32.2. The van der Waals surface area contributed by atoms with E-state index in [0.717, 1.165) is 44.1 Å².